The standard InChI is InChI=1S/C24H27ClN2O4/c1-5-30-23(28)21-20(14-31-19-12-8-16(9-13-19)15(2)3)27(4)24(29)26-22(21)17-6-10-18(25)11-7-17/h6-13,15,22H,5,14H2,1-4H3,(H,26,29)/t22-/m0/s1. The van der Waals surface area contributed by atoms with Crippen LogP contribution in [0.25, 0.3) is 0 Å². The molecule has 2 aromatic rings. The van der Waals surface area contributed by atoms with E-state index in [1.165, 1.54) is 10.5 Å². The van der Waals surface area contributed by atoms with Crippen molar-refractivity contribution < 1.29 is 19.1 Å². The van der Waals surface area contributed by atoms with Crippen LogP contribution in [0, 0.1) is 0 Å². The number of esters is 1. The Kier molecular flexibility index (Phi) is 7.23. The van der Waals surface area contributed by atoms with E-state index in [-0.39, 0.29) is 19.2 Å². The first-order chi connectivity index (χ1) is 14.8. The van der Waals surface area contributed by atoms with E-state index in [0.29, 0.717) is 28.0 Å². The number of halogens is 1. The normalized spacial score (nSPS) is 16.4. The second-order valence-electron chi connectivity index (χ2n) is 7.59. The van der Waals surface area contributed by atoms with Crippen LogP contribution in [-0.2, 0) is 9.53 Å². The van der Waals surface area contributed by atoms with Crippen molar-refractivity contribution >= 4 is 23.6 Å². The smallest absolute Gasteiger partial charge is 0.338 e. The summed E-state index contributed by atoms with van der Waals surface area (Å²) in [4.78, 5) is 27.0. The van der Waals surface area contributed by atoms with Crippen LogP contribution in [0.15, 0.2) is 59.8 Å². The molecule has 3 rings (SSSR count). The Labute approximate surface area is 187 Å². The maximum Gasteiger partial charge on any atom is 0.338 e. The number of carbonyl (C=O) groups is 2. The van der Waals surface area contributed by atoms with Crippen molar-refractivity contribution in [2.24, 2.45) is 0 Å². The van der Waals surface area contributed by atoms with Crippen molar-refractivity contribution in [2.75, 3.05) is 20.3 Å². The first kappa shape index (κ1) is 22.7. The molecule has 2 amide bonds. The highest BCUT2D eigenvalue weighted by Crippen LogP contribution is 2.32. The molecule has 0 fully saturated rings. The zero-order valence-corrected chi connectivity index (χ0v) is 18.9. The number of rotatable bonds is 7. The molecule has 7 heteroatoms. The number of carbonyl (C=O) groups excluding carboxylic acids is 2. The second-order valence-corrected chi connectivity index (χ2v) is 8.02. The molecule has 2 aromatic carbocycles. The van der Waals surface area contributed by atoms with Gasteiger partial charge in [0, 0.05) is 12.1 Å². The van der Waals surface area contributed by atoms with Crippen LogP contribution in [0.4, 0.5) is 4.79 Å². The van der Waals surface area contributed by atoms with Crippen molar-refractivity contribution in [3.63, 3.8) is 0 Å². The van der Waals surface area contributed by atoms with Crippen molar-refractivity contribution in [3.8, 4) is 5.75 Å². The predicted molar refractivity (Wildman–Crippen MR) is 120 cm³/mol. The molecule has 1 aliphatic heterocycles. The van der Waals surface area contributed by atoms with Crippen LogP contribution < -0.4 is 10.1 Å². The number of urea groups is 1. The maximum atomic E-state index is 12.9. The Morgan fingerprint density at radius 2 is 1.77 bits per heavy atom. The molecule has 1 aliphatic rings. The molecule has 0 saturated heterocycles. The highest BCUT2D eigenvalue weighted by molar-refractivity contribution is 6.30. The average molecular weight is 443 g/mol. The third kappa shape index (κ3) is 5.20. The topological polar surface area (TPSA) is 67.9 Å². The maximum absolute atomic E-state index is 12.9. The van der Waals surface area contributed by atoms with Gasteiger partial charge in [-0.1, -0.05) is 49.7 Å². The van der Waals surface area contributed by atoms with Crippen molar-refractivity contribution in [1.82, 2.24) is 10.2 Å². The minimum atomic E-state index is -0.665. The van der Waals surface area contributed by atoms with Crippen LogP contribution in [0.1, 0.15) is 43.9 Å². The molecule has 0 saturated carbocycles. The fourth-order valence-electron chi connectivity index (χ4n) is 3.39. The molecular formula is C24H27ClN2O4. The van der Waals surface area contributed by atoms with Crippen LogP contribution >= 0.6 is 11.6 Å². The Morgan fingerprint density at radius 3 is 2.35 bits per heavy atom. The van der Waals surface area contributed by atoms with Gasteiger partial charge in [0.15, 0.2) is 0 Å². The Bertz CT molecular complexity index is 968. The van der Waals surface area contributed by atoms with E-state index in [9.17, 15) is 9.59 Å². The molecule has 0 spiro atoms. The Hall–Kier alpha value is -2.99. The lowest BCUT2D eigenvalue weighted by Crippen LogP contribution is -2.48. The van der Waals surface area contributed by atoms with Crippen molar-refractivity contribution in [3.05, 3.63) is 76.0 Å². The number of ether oxygens (including phenoxy) is 2. The minimum Gasteiger partial charge on any atom is -0.487 e. The number of nitrogens with zero attached hydrogens (tertiary/aromatic N) is 1. The molecule has 0 radical (unpaired) electrons. The van der Waals surface area contributed by atoms with Crippen molar-refractivity contribution in [2.45, 2.75) is 32.7 Å². The fourth-order valence-corrected chi connectivity index (χ4v) is 3.51. The van der Waals surface area contributed by atoms with E-state index in [2.05, 4.69) is 19.2 Å². The molecule has 0 aromatic heterocycles. The number of hydrogen-bond acceptors (Lipinski definition) is 4. The van der Waals surface area contributed by atoms with Gasteiger partial charge in [-0.05, 0) is 48.2 Å². The summed E-state index contributed by atoms with van der Waals surface area (Å²) >= 11 is 6.01. The first-order valence-corrected chi connectivity index (χ1v) is 10.6. The number of likely N-dealkylation sites (N-methyl/N-ethyl adjacent to an activating group) is 1. The van der Waals surface area contributed by atoms with Gasteiger partial charge in [-0.25, -0.2) is 9.59 Å². The highest BCUT2D eigenvalue weighted by atomic mass is 35.5. The molecule has 0 bridgehead atoms. The van der Waals surface area contributed by atoms with E-state index in [0.717, 1.165) is 5.56 Å². The van der Waals surface area contributed by atoms with Gasteiger partial charge in [-0.15, -0.1) is 0 Å². The van der Waals surface area contributed by atoms with Crippen molar-refractivity contribution in [1.29, 1.82) is 0 Å². The molecule has 0 unspecified atom stereocenters. The monoisotopic (exact) mass is 442 g/mol. The zero-order valence-electron chi connectivity index (χ0n) is 18.1. The lowest BCUT2D eigenvalue weighted by atomic mass is 9.95. The summed E-state index contributed by atoms with van der Waals surface area (Å²) in [6.07, 6.45) is 0. The third-order valence-corrected chi connectivity index (χ3v) is 5.45. The minimum absolute atomic E-state index is 0.0448. The first-order valence-electron chi connectivity index (χ1n) is 10.2. The number of benzene rings is 2. The third-order valence-electron chi connectivity index (χ3n) is 5.20. The number of hydrogen-bond donors (Lipinski definition) is 1. The molecule has 1 heterocycles. The van der Waals surface area contributed by atoms with Gasteiger partial charge in [0.25, 0.3) is 0 Å². The van der Waals surface area contributed by atoms with E-state index in [1.807, 2.05) is 24.3 Å². The van der Waals surface area contributed by atoms with Gasteiger partial charge in [-0.2, -0.15) is 0 Å². The van der Waals surface area contributed by atoms with Gasteiger partial charge in [0.1, 0.15) is 12.4 Å². The van der Waals surface area contributed by atoms with Gasteiger partial charge in [0.05, 0.1) is 23.9 Å². The molecule has 1 N–H and O–H groups in total. The highest BCUT2D eigenvalue weighted by Gasteiger charge is 2.37. The SMILES string of the molecule is CCOC(=O)C1=C(COc2ccc(C(C)C)cc2)N(C)C(=O)N[C@H]1c1ccc(Cl)cc1. The molecule has 6 nitrogen and oxygen atoms in total. The summed E-state index contributed by atoms with van der Waals surface area (Å²) in [6.45, 7) is 6.26. The van der Waals surface area contributed by atoms with Gasteiger partial charge in [-0.3, -0.25) is 4.90 Å². The summed E-state index contributed by atoms with van der Waals surface area (Å²) in [5, 5.41) is 3.44. The van der Waals surface area contributed by atoms with Gasteiger partial charge >= 0.3 is 12.0 Å². The predicted octanol–water partition coefficient (Wildman–Crippen LogP) is 5.06. The summed E-state index contributed by atoms with van der Waals surface area (Å²) in [6, 6.07) is 13.8. The van der Waals surface area contributed by atoms with Gasteiger partial charge < -0.3 is 14.8 Å². The molecule has 164 valence electrons. The van der Waals surface area contributed by atoms with E-state index < -0.39 is 12.0 Å². The van der Waals surface area contributed by atoms with Gasteiger partial charge in [0.2, 0.25) is 0 Å². The average Bonchev–Trinajstić information content (AvgIpc) is 2.75. The van der Waals surface area contributed by atoms with E-state index >= 15 is 0 Å². The Balaban J connectivity index is 1.97. The molecule has 31 heavy (non-hydrogen) atoms. The number of amides is 2. The summed E-state index contributed by atoms with van der Waals surface area (Å²) in [7, 11) is 1.60. The van der Waals surface area contributed by atoms with Crippen LogP contribution in [0.3, 0.4) is 0 Å². The summed E-state index contributed by atoms with van der Waals surface area (Å²) in [5.41, 5.74) is 2.73. The summed E-state index contributed by atoms with van der Waals surface area (Å²) < 4.78 is 11.3. The van der Waals surface area contributed by atoms with E-state index in [4.69, 9.17) is 21.1 Å². The second kappa shape index (κ2) is 9.88. The van der Waals surface area contributed by atoms with Crippen LogP contribution in [0.2, 0.25) is 5.02 Å². The zero-order chi connectivity index (χ0) is 22.5. The summed E-state index contributed by atoms with van der Waals surface area (Å²) in [5.74, 6) is 0.575. The Morgan fingerprint density at radius 1 is 1.13 bits per heavy atom. The number of nitrogens with one attached hydrogen (secondary N) is 1. The lowest BCUT2D eigenvalue weighted by Gasteiger charge is -2.34. The lowest BCUT2D eigenvalue weighted by molar-refractivity contribution is -0.139. The molecular weight excluding hydrogens is 416 g/mol. The van der Waals surface area contributed by atoms with E-state index in [1.54, 1.807) is 38.2 Å². The fraction of sp³-hybridized carbons (Fsp3) is 0.333. The largest absolute Gasteiger partial charge is 0.487 e. The van der Waals surface area contributed by atoms with Crippen LogP contribution in [0.5, 0.6) is 5.75 Å². The molecule has 0 aliphatic carbocycles. The quantitative estimate of drug-likeness (QED) is 0.609. The van der Waals surface area contributed by atoms with Crippen LogP contribution in [-0.4, -0.2) is 37.2 Å². The molecule has 1 atom stereocenters.